The van der Waals surface area contributed by atoms with Gasteiger partial charge in [0.1, 0.15) is 34.8 Å². The quantitative estimate of drug-likeness (QED) is 0.110. The molecule has 0 aromatic carbocycles. The third kappa shape index (κ3) is 16.4. The molecule has 0 radical (unpaired) electrons. The predicted octanol–water partition coefficient (Wildman–Crippen LogP) is 12.0. The molecule has 600 valence electrons. The minimum Gasteiger partial charge on any atom is -0.398 e. The maximum absolute atomic E-state index is 13.4. The number of carbonyl (C=O) groups excluding carboxylic acids is 3. The number of nitrogens with zero attached hydrogens (tertiary/aromatic N) is 23. The summed E-state index contributed by atoms with van der Waals surface area (Å²) in [5.41, 5.74) is 12.4. The molecule has 19 rings (SSSR count). The number of hydrogen-bond donors (Lipinski definition) is 4. The Bertz CT molecular complexity index is 6200. The number of amides is 1. The number of aromatic nitrogens is 21. The largest absolute Gasteiger partial charge is 0.398 e. The fourth-order valence-corrected chi connectivity index (χ4v) is 13.5. The van der Waals surface area contributed by atoms with Gasteiger partial charge < -0.3 is 58.2 Å². The molecule has 14 aromatic heterocycles. The summed E-state index contributed by atoms with van der Waals surface area (Å²) < 4.78 is 35.3. The van der Waals surface area contributed by atoms with Gasteiger partial charge in [-0.15, -0.1) is 0 Å². The molecule has 18 heterocycles. The molecule has 0 spiro atoms. The van der Waals surface area contributed by atoms with E-state index >= 15 is 0 Å². The SMILES string of the molecule is C=C1Cn2c(nc3c(ncn3C(C)C)c2=O)N1.CC(C)N1C=NC2C(=O)Nc3cccn3C21.CC(C)n1cc(F)c2c1N=CCC2=O.CC(C)n1ccc(=O)c2nccn21.CC(C)n1ccc(=O)n2ccnc12.CC(C)n1ccc2c(N)ccnc21.CC(C)n1cnc2c(=O)n3ccnc3[nH]c21.CC(C)n1cnc2c1C=CCC2=O. The number of aromatic amines is 1. The summed E-state index contributed by atoms with van der Waals surface area (Å²) in [4.78, 5) is 128. The number of imidazole rings is 6. The number of H-pyrrole nitrogens is 1. The maximum Gasteiger partial charge on any atom is 0.287 e. The molecule has 1 amide bonds. The number of anilines is 3. The van der Waals surface area contributed by atoms with Crippen LogP contribution in [0.3, 0.4) is 0 Å². The number of ketones is 2. The number of allylic oxidation sites excluding steroid dienone is 2. The summed E-state index contributed by atoms with van der Waals surface area (Å²) in [6, 6.07) is 12.8. The van der Waals surface area contributed by atoms with Crippen LogP contribution in [-0.4, -0.2) is 146 Å². The zero-order valence-corrected chi connectivity index (χ0v) is 67.1. The number of nitrogens with one attached hydrogen (secondary N) is 3. The molecule has 115 heavy (non-hydrogen) atoms. The second-order valence-electron chi connectivity index (χ2n) is 30.0. The Morgan fingerprint density at radius 1 is 0.574 bits per heavy atom. The molecule has 14 aromatic rings. The van der Waals surface area contributed by atoms with Crippen molar-refractivity contribution in [1.29, 1.82) is 0 Å². The molecular formula is C80H96FN27O7. The summed E-state index contributed by atoms with van der Waals surface area (Å²) in [7, 11) is 0. The highest BCUT2D eigenvalue weighted by Crippen LogP contribution is 2.35. The van der Waals surface area contributed by atoms with Gasteiger partial charge in [-0.1, -0.05) is 12.7 Å². The Hall–Kier alpha value is -13.5. The fraction of sp³-hybridized carbons (Fsp3) is 0.362. The Kier molecular flexibility index (Phi) is 23.8. The molecule has 5 aliphatic rings. The summed E-state index contributed by atoms with van der Waals surface area (Å²) in [5.74, 6) is 2.54. The highest BCUT2D eigenvalue weighted by Gasteiger charge is 2.42. The van der Waals surface area contributed by atoms with Crippen LogP contribution in [0.4, 0.5) is 27.7 Å². The zero-order chi connectivity index (χ0) is 82.7. The molecule has 5 N–H and O–H groups in total. The van der Waals surface area contributed by atoms with Gasteiger partial charge in [-0.05, 0) is 141 Å². The third-order valence-corrected chi connectivity index (χ3v) is 19.4. The lowest BCUT2D eigenvalue weighted by Crippen LogP contribution is -2.45. The predicted molar refractivity (Wildman–Crippen MR) is 442 cm³/mol. The minimum absolute atomic E-state index is 0.00116. The highest BCUT2D eigenvalue weighted by molar-refractivity contribution is 6.10. The van der Waals surface area contributed by atoms with Crippen LogP contribution in [0.1, 0.15) is 199 Å². The van der Waals surface area contributed by atoms with Gasteiger partial charge in [0.2, 0.25) is 22.9 Å². The van der Waals surface area contributed by atoms with Crippen LogP contribution < -0.4 is 38.5 Å². The first kappa shape index (κ1) is 81.0. The number of rotatable bonds is 8. The first-order valence-electron chi connectivity index (χ1n) is 38.0. The van der Waals surface area contributed by atoms with Gasteiger partial charge in [0, 0.05) is 171 Å². The number of aliphatic imine (C=N–C) groups is 2. The summed E-state index contributed by atoms with van der Waals surface area (Å²) in [6.07, 6.45) is 33.6. The molecule has 0 fully saturated rings. The average molecular weight is 1570 g/mol. The maximum atomic E-state index is 13.4. The number of carbonyl (C=O) groups is 3. The van der Waals surface area contributed by atoms with E-state index in [-0.39, 0.29) is 81.9 Å². The van der Waals surface area contributed by atoms with Crippen LogP contribution in [0.25, 0.3) is 56.6 Å². The second kappa shape index (κ2) is 33.8. The average Bonchev–Trinajstić information content (AvgIpc) is 1.62. The molecule has 35 heteroatoms. The fourth-order valence-electron chi connectivity index (χ4n) is 13.5. The summed E-state index contributed by atoms with van der Waals surface area (Å²) >= 11 is 0. The van der Waals surface area contributed by atoms with Crippen LogP contribution in [0.15, 0.2) is 177 Å². The van der Waals surface area contributed by atoms with E-state index in [1.807, 2.05) is 113 Å². The van der Waals surface area contributed by atoms with Crippen LogP contribution >= 0.6 is 0 Å². The standard InChI is InChI=1S/C11H13N5O.C11H14N4O.C10H11FN2O.C10H11N5O.C10H13N3.C10H12N2O.2C9H11N3O/c1-6(2)16-5-12-8-9(16)14-11-13-7(3)4-15(11)10(8)17;1-7(2)15-6-12-9-10(16)13-8-4-3-5-14(8)11(9)15;1-6(2)13-5-7(11)9-8(14)3-4-12-10(9)13;1-6(2)15-5-12-7-8(15)13-10-11-3-4-14(10)9(7)16;1-7(2)13-6-4-8-9(11)3-5-12-10(8)13;1-7(2)12-6-11-10-8(12)4-3-5-9(10)13;1-7(2)11-5-3-8(13)12-6-4-10-9(11)12;1-7(2)11-5-3-8(13)9-10-4-6-12(9)11/h5-6H,3-4H2,1-2H3,(H,13,14);3-7,9,11H,1-2H3,(H,13,16);4-6H,3H2,1-2H3;3-6H,1-2H3,(H,11,13);3-7H,1-2H3,(H2,11,12);3-4,6-7H,5H2,1-2H3;2*3-7H,1-2H3. The van der Waals surface area contributed by atoms with Crippen molar-refractivity contribution in [2.24, 2.45) is 9.98 Å². The zero-order valence-electron chi connectivity index (χ0n) is 67.1. The number of hydrogen-bond acceptors (Lipinski definition) is 20. The van der Waals surface area contributed by atoms with E-state index in [1.54, 1.807) is 111 Å². The molecule has 0 bridgehead atoms. The smallest absolute Gasteiger partial charge is 0.287 e. The van der Waals surface area contributed by atoms with E-state index in [0.717, 1.165) is 39.6 Å². The topological polar surface area (TPSA) is 374 Å². The van der Waals surface area contributed by atoms with Gasteiger partial charge in [-0.3, -0.25) is 52.2 Å². The molecular weight excluding hydrogens is 1470 g/mol. The van der Waals surface area contributed by atoms with Crippen LogP contribution in [0, 0.1) is 5.82 Å². The number of Topliss-reactive ketones (excluding diaryl/α,β-unsaturated/α-hetero) is 2. The monoisotopic (exact) mass is 1570 g/mol. The number of nitrogens with two attached hydrogens (primary N) is 1. The molecule has 34 nitrogen and oxygen atoms in total. The molecule has 0 saturated carbocycles. The molecule has 2 unspecified atom stereocenters. The van der Waals surface area contributed by atoms with Crippen molar-refractivity contribution in [3.05, 3.63) is 212 Å². The minimum atomic E-state index is -0.462. The Labute approximate surface area is 659 Å². The van der Waals surface area contributed by atoms with Gasteiger partial charge in [0.05, 0.1) is 43.1 Å². The number of halogens is 1. The molecule has 2 atom stereocenters. The summed E-state index contributed by atoms with van der Waals surface area (Å²) in [5, 5.41) is 6.90. The lowest BCUT2D eigenvalue weighted by atomic mass is 10.1. The van der Waals surface area contributed by atoms with E-state index in [9.17, 15) is 38.0 Å². The van der Waals surface area contributed by atoms with Gasteiger partial charge in [-0.2, -0.15) is 4.98 Å². The van der Waals surface area contributed by atoms with Crippen LogP contribution in [0.5, 0.6) is 0 Å². The third-order valence-electron chi connectivity index (χ3n) is 19.4. The van der Waals surface area contributed by atoms with Crippen LogP contribution in [-0.2, 0) is 11.3 Å². The van der Waals surface area contributed by atoms with Gasteiger partial charge in [0.25, 0.3) is 22.6 Å². The number of fused-ring (bicyclic) bond motifs is 12. The lowest BCUT2D eigenvalue weighted by Gasteiger charge is -2.35. The Morgan fingerprint density at radius 3 is 1.94 bits per heavy atom. The molecule has 0 saturated heterocycles. The van der Waals surface area contributed by atoms with Crippen molar-refractivity contribution in [2.75, 3.05) is 16.4 Å². The number of nitrogen functional groups attached to an aromatic ring is 1. The highest BCUT2D eigenvalue weighted by atomic mass is 19.1. The van der Waals surface area contributed by atoms with Crippen molar-refractivity contribution in [1.82, 2.24) is 104 Å². The molecule has 1 aliphatic carbocycles. The normalized spacial score (nSPS) is 14.9. The van der Waals surface area contributed by atoms with E-state index < -0.39 is 5.82 Å². The Morgan fingerprint density at radius 2 is 1.23 bits per heavy atom. The lowest BCUT2D eigenvalue weighted by molar-refractivity contribution is -0.119. The van der Waals surface area contributed by atoms with Gasteiger partial charge >= 0.3 is 0 Å². The summed E-state index contributed by atoms with van der Waals surface area (Å²) in [6.45, 7) is 37.1. The van der Waals surface area contributed by atoms with E-state index in [0.29, 0.717) is 94.5 Å². The molecule has 4 aliphatic heterocycles. The second-order valence-corrected chi connectivity index (χ2v) is 30.0. The Balaban J connectivity index is 0.000000122. The van der Waals surface area contributed by atoms with Crippen molar-refractivity contribution < 1.29 is 18.8 Å². The van der Waals surface area contributed by atoms with Crippen molar-refractivity contribution >= 4 is 110 Å². The van der Waals surface area contributed by atoms with Crippen LogP contribution in [0.2, 0.25) is 0 Å². The van der Waals surface area contributed by atoms with E-state index in [1.165, 1.54) is 16.8 Å². The van der Waals surface area contributed by atoms with Gasteiger partial charge in [-0.25, -0.2) is 53.2 Å². The van der Waals surface area contributed by atoms with Gasteiger partial charge in [0.15, 0.2) is 45.8 Å². The van der Waals surface area contributed by atoms with Crippen molar-refractivity contribution in [2.45, 2.75) is 191 Å². The van der Waals surface area contributed by atoms with Crippen molar-refractivity contribution in [3.63, 3.8) is 0 Å². The van der Waals surface area contributed by atoms with E-state index in [4.69, 9.17) is 5.73 Å². The first-order valence-corrected chi connectivity index (χ1v) is 38.0. The first-order chi connectivity index (χ1) is 54.8. The van der Waals surface area contributed by atoms with Crippen molar-refractivity contribution in [3.8, 4) is 0 Å². The van der Waals surface area contributed by atoms with E-state index in [2.05, 4.69) is 155 Å². The number of pyridine rings is 1.